The van der Waals surface area contributed by atoms with Gasteiger partial charge in [0.1, 0.15) is 0 Å². The highest BCUT2D eigenvalue weighted by molar-refractivity contribution is 5.76. The maximum atomic E-state index is 9.02. The summed E-state index contributed by atoms with van der Waals surface area (Å²) in [6.07, 6.45) is 2.00. The molecule has 0 unspecified atom stereocenters. The van der Waals surface area contributed by atoms with Gasteiger partial charge in [-0.3, -0.25) is 0 Å². The number of nitrogens with zero attached hydrogens (tertiary/aromatic N) is 1. The van der Waals surface area contributed by atoms with Crippen LogP contribution in [-0.2, 0) is 0 Å². The summed E-state index contributed by atoms with van der Waals surface area (Å²) in [6, 6.07) is 12.0. The van der Waals surface area contributed by atoms with E-state index in [9.17, 15) is 0 Å². The van der Waals surface area contributed by atoms with Crippen LogP contribution in [0.15, 0.2) is 36.4 Å². The third-order valence-electron chi connectivity index (χ3n) is 1.78. The zero-order valence-electron chi connectivity index (χ0n) is 8.91. The van der Waals surface area contributed by atoms with Gasteiger partial charge in [0.25, 0.3) is 0 Å². The van der Waals surface area contributed by atoms with Crippen LogP contribution in [0.3, 0.4) is 0 Å². The van der Waals surface area contributed by atoms with E-state index in [0.29, 0.717) is 0 Å². The lowest BCUT2D eigenvalue weighted by atomic mass is 9.91. The second-order valence-electron chi connectivity index (χ2n) is 4.40. The van der Waals surface area contributed by atoms with Crippen LogP contribution in [-0.4, -0.2) is 0 Å². The van der Waals surface area contributed by atoms with E-state index >= 15 is 0 Å². The van der Waals surface area contributed by atoms with Crippen LogP contribution in [0.2, 0.25) is 0 Å². The van der Waals surface area contributed by atoms with E-state index in [2.05, 4.69) is 26.8 Å². The Hall–Kier alpha value is -1.55. The molecular weight excluding hydrogens is 170 g/mol. The van der Waals surface area contributed by atoms with Gasteiger partial charge < -0.3 is 0 Å². The first-order chi connectivity index (χ1) is 6.53. The van der Waals surface area contributed by atoms with Gasteiger partial charge in [-0.25, -0.2) is 0 Å². The Bertz CT molecular complexity index is 360. The van der Waals surface area contributed by atoms with Crippen molar-refractivity contribution in [3.63, 3.8) is 0 Å². The predicted molar refractivity (Wildman–Crippen MR) is 59.5 cm³/mol. The van der Waals surface area contributed by atoms with E-state index in [-0.39, 0.29) is 5.41 Å². The Balaban J connectivity index is 3.08. The molecule has 0 heterocycles. The summed E-state index contributed by atoms with van der Waals surface area (Å²) in [5.74, 6) is 0. The summed E-state index contributed by atoms with van der Waals surface area (Å²) in [4.78, 5) is 0. The Morgan fingerprint density at radius 3 is 2.21 bits per heavy atom. The summed E-state index contributed by atoms with van der Waals surface area (Å²) in [5.41, 5.74) is 1.78. The van der Waals surface area contributed by atoms with Crippen molar-refractivity contribution in [2.75, 3.05) is 0 Å². The van der Waals surface area contributed by atoms with Gasteiger partial charge in [-0.15, -0.1) is 0 Å². The van der Waals surface area contributed by atoms with E-state index in [0.717, 1.165) is 11.1 Å². The van der Waals surface area contributed by atoms with Crippen molar-refractivity contribution in [3.05, 3.63) is 42.0 Å². The summed E-state index contributed by atoms with van der Waals surface area (Å²) in [7, 11) is 0. The maximum absolute atomic E-state index is 9.02. The van der Waals surface area contributed by atoms with Crippen LogP contribution in [0.4, 0.5) is 0 Å². The molecule has 72 valence electrons. The van der Waals surface area contributed by atoms with Crippen molar-refractivity contribution in [3.8, 4) is 6.07 Å². The van der Waals surface area contributed by atoms with Gasteiger partial charge in [-0.2, -0.15) is 5.26 Å². The highest BCUT2D eigenvalue weighted by Crippen LogP contribution is 2.22. The van der Waals surface area contributed by atoms with Gasteiger partial charge in [0, 0.05) is 0 Å². The Morgan fingerprint density at radius 1 is 1.21 bits per heavy atom. The zero-order chi connectivity index (χ0) is 10.6. The molecule has 1 aromatic rings. The van der Waals surface area contributed by atoms with Gasteiger partial charge in [0.05, 0.1) is 11.6 Å². The zero-order valence-corrected chi connectivity index (χ0v) is 8.91. The Kier molecular flexibility index (Phi) is 3.09. The molecule has 0 bridgehead atoms. The fourth-order valence-electron chi connectivity index (χ4n) is 1.23. The Labute approximate surface area is 85.7 Å². The minimum atomic E-state index is 0.0426. The van der Waals surface area contributed by atoms with Crippen molar-refractivity contribution in [2.45, 2.75) is 20.8 Å². The summed E-state index contributed by atoms with van der Waals surface area (Å²) in [6.45, 7) is 6.27. The molecular formula is C13H15N. The molecule has 0 aliphatic rings. The maximum Gasteiger partial charge on any atom is 0.0994 e. The molecule has 0 fully saturated rings. The van der Waals surface area contributed by atoms with E-state index in [4.69, 9.17) is 5.26 Å². The molecule has 1 aromatic carbocycles. The van der Waals surface area contributed by atoms with Crippen LogP contribution in [0.25, 0.3) is 5.57 Å². The first kappa shape index (κ1) is 10.5. The van der Waals surface area contributed by atoms with Crippen LogP contribution >= 0.6 is 0 Å². The predicted octanol–water partition coefficient (Wildman–Crippen LogP) is 3.64. The molecule has 1 rings (SSSR count). The summed E-state index contributed by atoms with van der Waals surface area (Å²) < 4.78 is 0. The van der Waals surface area contributed by atoms with Crippen LogP contribution in [0.1, 0.15) is 26.3 Å². The van der Waals surface area contributed by atoms with Crippen LogP contribution in [0, 0.1) is 16.7 Å². The van der Waals surface area contributed by atoms with Crippen molar-refractivity contribution >= 4 is 5.57 Å². The standard InChI is InChI=1S/C13H15N/c1-13(2,3)9-12(10-14)11-7-5-4-6-8-11/h4-9H,1-3H3. The van der Waals surface area contributed by atoms with Gasteiger partial charge in [0.2, 0.25) is 0 Å². The largest absolute Gasteiger partial charge is 0.192 e. The number of rotatable bonds is 1. The third kappa shape index (κ3) is 3.06. The highest BCUT2D eigenvalue weighted by Gasteiger charge is 2.09. The van der Waals surface area contributed by atoms with E-state index < -0.39 is 0 Å². The molecule has 0 N–H and O–H groups in total. The number of allylic oxidation sites excluding steroid dienone is 2. The van der Waals surface area contributed by atoms with Crippen molar-refractivity contribution < 1.29 is 0 Å². The number of hydrogen-bond donors (Lipinski definition) is 0. The lowest BCUT2D eigenvalue weighted by molar-refractivity contribution is 0.546. The Morgan fingerprint density at radius 2 is 1.79 bits per heavy atom. The van der Waals surface area contributed by atoms with Crippen LogP contribution in [0.5, 0.6) is 0 Å². The lowest BCUT2D eigenvalue weighted by Gasteiger charge is -2.12. The quantitative estimate of drug-likeness (QED) is 0.613. The molecule has 14 heavy (non-hydrogen) atoms. The topological polar surface area (TPSA) is 23.8 Å². The first-order valence-electron chi connectivity index (χ1n) is 4.71. The molecule has 0 saturated carbocycles. The normalized spacial score (nSPS) is 12.3. The molecule has 0 atom stereocenters. The van der Waals surface area contributed by atoms with Crippen molar-refractivity contribution in [1.29, 1.82) is 5.26 Å². The molecule has 0 spiro atoms. The van der Waals surface area contributed by atoms with E-state index in [1.165, 1.54) is 0 Å². The fraction of sp³-hybridized carbons (Fsp3) is 0.308. The van der Waals surface area contributed by atoms with E-state index in [1.807, 2.05) is 36.4 Å². The van der Waals surface area contributed by atoms with Gasteiger partial charge in [-0.05, 0) is 11.0 Å². The monoisotopic (exact) mass is 185 g/mol. The van der Waals surface area contributed by atoms with Gasteiger partial charge in [0.15, 0.2) is 0 Å². The van der Waals surface area contributed by atoms with Gasteiger partial charge in [-0.1, -0.05) is 57.2 Å². The fourth-order valence-corrected chi connectivity index (χ4v) is 1.23. The molecule has 0 aromatic heterocycles. The summed E-state index contributed by atoms with van der Waals surface area (Å²) in [5, 5.41) is 9.02. The van der Waals surface area contributed by atoms with Crippen LogP contribution < -0.4 is 0 Å². The average molecular weight is 185 g/mol. The molecule has 1 nitrogen and oxygen atoms in total. The minimum Gasteiger partial charge on any atom is -0.192 e. The number of hydrogen-bond acceptors (Lipinski definition) is 1. The minimum absolute atomic E-state index is 0.0426. The third-order valence-corrected chi connectivity index (χ3v) is 1.78. The summed E-state index contributed by atoms with van der Waals surface area (Å²) >= 11 is 0. The van der Waals surface area contributed by atoms with E-state index in [1.54, 1.807) is 0 Å². The first-order valence-corrected chi connectivity index (χ1v) is 4.71. The van der Waals surface area contributed by atoms with Crippen molar-refractivity contribution in [2.24, 2.45) is 5.41 Å². The molecule has 0 aliphatic heterocycles. The number of nitriles is 1. The molecule has 0 saturated heterocycles. The molecule has 1 heteroatoms. The molecule has 0 radical (unpaired) electrons. The second-order valence-corrected chi connectivity index (χ2v) is 4.40. The lowest BCUT2D eigenvalue weighted by Crippen LogP contribution is -2.00. The average Bonchev–Trinajstić information content (AvgIpc) is 2.14. The smallest absolute Gasteiger partial charge is 0.0994 e. The molecule has 0 aliphatic carbocycles. The SMILES string of the molecule is CC(C)(C)C=C(C#N)c1ccccc1. The second kappa shape index (κ2) is 4.11. The number of benzene rings is 1. The molecule has 0 amide bonds. The van der Waals surface area contributed by atoms with Crippen molar-refractivity contribution in [1.82, 2.24) is 0 Å². The highest BCUT2D eigenvalue weighted by atomic mass is 14.3. The van der Waals surface area contributed by atoms with Gasteiger partial charge >= 0.3 is 0 Å².